The molecule has 154 valence electrons. The Balaban J connectivity index is 2.05. The first-order valence-corrected chi connectivity index (χ1v) is 9.83. The van der Waals surface area contributed by atoms with Gasteiger partial charge in [-0.15, -0.1) is 0 Å². The molecule has 29 heavy (non-hydrogen) atoms. The van der Waals surface area contributed by atoms with Gasteiger partial charge < -0.3 is 4.84 Å². The molecule has 1 heterocycles. The van der Waals surface area contributed by atoms with Crippen LogP contribution in [0.15, 0.2) is 41.6 Å². The Labute approximate surface area is 181 Å². The highest BCUT2D eigenvalue weighted by Crippen LogP contribution is 2.50. The summed E-state index contributed by atoms with van der Waals surface area (Å²) in [6.45, 7) is 1.70. The van der Waals surface area contributed by atoms with Crippen LogP contribution in [0.1, 0.15) is 34.9 Å². The second-order valence-corrected chi connectivity index (χ2v) is 8.68. The molecule has 1 aliphatic heterocycles. The van der Waals surface area contributed by atoms with E-state index < -0.39 is 23.1 Å². The van der Waals surface area contributed by atoms with Gasteiger partial charge in [-0.2, -0.15) is 13.2 Å². The number of nitro benzene ring substituents is 1. The number of oxime groups is 1. The van der Waals surface area contributed by atoms with E-state index in [-0.39, 0.29) is 37.4 Å². The minimum Gasteiger partial charge on any atom is -0.374 e. The van der Waals surface area contributed by atoms with Crippen LogP contribution in [0, 0.1) is 10.1 Å². The topological polar surface area (TPSA) is 64.7 Å². The highest BCUT2D eigenvalue weighted by atomic mass is 79.9. The number of benzene rings is 2. The summed E-state index contributed by atoms with van der Waals surface area (Å²) in [5, 5.41) is 15.0. The van der Waals surface area contributed by atoms with Crippen molar-refractivity contribution < 1.29 is 22.9 Å². The van der Waals surface area contributed by atoms with Gasteiger partial charge in [-0.1, -0.05) is 56.4 Å². The molecule has 0 amide bonds. The van der Waals surface area contributed by atoms with Gasteiger partial charge in [0.1, 0.15) is 0 Å². The average Bonchev–Trinajstić information content (AvgIpc) is 3.07. The van der Waals surface area contributed by atoms with Gasteiger partial charge >= 0.3 is 6.18 Å². The van der Waals surface area contributed by atoms with Gasteiger partial charge in [-0.05, 0) is 25.1 Å². The van der Waals surface area contributed by atoms with Crippen LogP contribution in [0.5, 0.6) is 0 Å². The molecule has 1 aliphatic rings. The van der Waals surface area contributed by atoms with Crippen LogP contribution in [0.2, 0.25) is 10.0 Å². The fourth-order valence-corrected chi connectivity index (χ4v) is 3.98. The molecular formula is C18H12BrCl2F3N2O3. The number of rotatable bonds is 4. The van der Waals surface area contributed by atoms with Gasteiger partial charge in [-0.25, -0.2) is 0 Å². The van der Waals surface area contributed by atoms with Crippen molar-refractivity contribution in [2.75, 3.05) is 0 Å². The van der Waals surface area contributed by atoms with E-state index in [1.54, 1.807) is 6.92 Å². The summed E-state index contributed by atoms with van der Waals surface area (Å²) in [5.74, 6) is 0. The number of nitrogens with zero attached hydrogens (tertiary/aromatic N) is 2. The predicted octanol–water partition coefficient (Wildman–Crippen LogP) is 6.94. The number of hydrogen-bond acceptors (Lipinski definition) is 4. The van der Waals surface area contributed by atoms with Gasteiger partial charge in [0.05, 0.1) is 10.6 Å². The first-order chi connectivity index (χ1) is 13.4. The molecule has 3 rings (SSSR count). The summed E-state index contributed by atoms with van der Waals surface area (Å²) < 4.78 is 42.1. The molecule has 2 unspecified atom stereocenters. The van der Waals surface area contributed by atoms with Crippen molar-refractivity contribution in [3.8, 4) is 0 Å². The van der Waals surface area contributed by atoms with E-state index in [4.69, 9.17) is 28.0 Å². The molecule has 0 aromatic heterocycles. The van der Waals surface area contributed by atoms with Gasteiger partial charge in [0, 0.05) is 44.0 Å². The first kappa shape index (κ1) is 21.9. The summed E-state index contributed by atoms with van der Waals surface area (Å²) in [4.78, 5) is 15.4. The van der Waals surface area contributed by atoms with E-state index in [0.717, 1.165) is 12.1 Å². The second-order valence-electron chi connectivity index (χ2n) is 6.44. The molecular weight excluding hydrogens is 500 g/mol. The van der Waals surface area contributed by atoms with Crippen LogP contribution < -0.4 is 0 Å². The van der Waals surface area contributed by atoms with Crippen LogP contribution in [0.4, 0.5) is 18.9 Å². The van der Waals surface area contributed by atoms with Crippen molar-refractivity contribution in [2.45, 2.75) is 29.9 Å². The molecule has 0 saturated heterocycles. The Morgan fingerprint density at radius 2 is 1.86 bits per heavy atom. The van der Waals surface area contributed by atoms with Gasteiger partial charge in [-0.3, -0.25) is 10.1 Å². The fourth-order valence-electron chi connectivity index (χ4n) is 3.06. The van der Waals surface area contributed by atoms with E-state index in [2.05, 4.69) is 21.1 Å². The monoisotopic (exact) mass is 510 g/mol. The van der Waals surface area contributed by atoms with Crippen molar-refractivity contribution in [3.63, 3.8) is 0 Å². The minimum absolute atomic E-state index is 0.0134. The molecule has 2 aromatic carbocycles. The second kappa shape index (κ2) is 7.77. The van der Waals surface area contributed by atoms with E-state index in [0.29, 0.717) is 5.56 Å². The Morgan fingerprint density at radius 1 is 1.24 bits per heavy atom. The maximum Gasteiger partial charge on any atom is 0.435 e. The van der Waals surface area contributed by atoms with Crippen LogP contribution >= 0.6 is 39.1 Å². The molecule has 0 spiro atoms. The number of alkyl halides is 4. The molecule has 0 aliphatic carbocycles. The van der Waals surface area contributed by atoms with Crippen LogP contribution in [0.3, 0.4) is 0 Å². The lowest BCUT2D eigenvalue weighted by atomic mass is 9.86. The number of nitro groups is 1. The third kappa shape index (κ3) is 4.08. The van der Waals surface area contributed by atoms with Crippen molar-refractivity contribution in [2.24, 2.45) is 5.16 Å². The Hall–Kier alpha value is -1.84. The molecule has 2 atom stereocenters. The molecule has 0 saturated carbocycles. The van der Waals surface area contributed by atoms with E-state index in [1.165, 1.54) is 24.3 Å². The highest BCUT2D eigenvalue weighted by Gasteiger charge is 2.62. The zero-order valence-corrected chi connectivity index (χ0v) is 17.7. The quantitative estimate of drug-likeness (QED) is 0.253. The SMILES string of the molecule is CC(Br)c1ccc(C2=NOC(c3cc(Cl)cc(Cl)c3)(C(F)(F)F)C2)cc1[N+](=O)[O-]. The van der Waals surface area contributed by atoms with Crippen molar-refractivity contribution in [3.05, 3.63) is 73.2 Å². The van der Waals surface area contributed by atoms with Gasteiger partial charge in [0.25, 0.3) is 11.3 Å². The smallest absolute Gasteiger partial charge is 0.374 e. The molecule has 0 fully saturated rings. The van der Waals surface area contributed by atoms with Gasteiger partial charge in [0.15, 0.2) is 0 Å². The van der Waals surface area contributed by atoms with Crippen molar-refractivity contribution >= 4 is 50.5 Å². The maximum absolute atomic E-state index is 14.0. The Kier molecular flexibility index (Phi) is 5.86. The lowest BCUT2D eigenvalue weighted by Gasteiger charge is -2.29. The summed E-state index contributed by atoms with van der Waals surface area (Å²) in [6, 6.07) is 7.65. The average molecular weight is 512 g/mol. The van der Waals surface area contributed by atoms with Crippen LogP contribution in [-0.2, 0) is 10.4 Å². The number of halogens is 6. The Bertz CT molecular complexity index is 994. The third-order valence-corrected chi connectivity index (χ3v) is 5.43. The molecule has 2 aromatic rings. The fraction of sp³-hybridized carbons (Fsp3) is 0.278. The van der Waals surface area contributed by atoms with Crippen molar-refractivity contribution in [1.29, 1.82) is 0 Å². The predicted molar refractivity (Wildman–Crippen MR) is 107 cm³/mol. The van der Waals surface area contributed by atoms with E-state index in [1.807, 2.05) is 0 Å². The minimum atomic E-state index is -4.84. The summed E-state index contributed by atoms with van der Waals surface area (Å²) in [5.41, 5.74) is -2.86. The molecule has 5 nitrogen and oxygen atoms in total. The normalized spacial score (nSPS) is 20.2. The number of hydrogen-bond donors (Lipinski definition) is 0. The third-order valence-electron chi connectivity index (χ3n) is 4.50. The molecule has 0 radical (unpaired) electrons. The zero-order valence-electron chi connectivity index (χ0n) is 14.6. The molecule has 11 heteroatoms. The van der Waals surface area contributed by atoms with Crippen LogP contribution in [0.25, 0.3) is 0 Å². The van der Waals surface area contributed by atoms with Gasteiger partial charge in [0.2, 0.25) is 0 Å². The standard InChI is InChI=1S/C18H12BrCl2F3N2O3/c1-9(19)14-3-2-10(4-16(14)26(27)28)15-8-17(29-25-15,18(22,23)24)11-5-12(20)7-13(21)6-11/h2-7,9H,8H2,1H3. The summed E-state index contributed by atoms with van der Waals surface area (Å²) in [7, 11) is 0. The van der Waals surface area contributed by atoms with E-state index in [9.17, 15) is 23.3 Å². The Morgan fingerprint density at radius 3 is 2.38 bits per heavy atom. The van der Waals surface area contributed by atoms with Crippen LogP contribution in [-0.4, -0.2) is 16.8 Å². The maximum atomic E-state index is 14.0. The first-order valence-electron chi connectivity index (χ1n) is 8.16. The van der Waals surface area contributed by atoms with E-state index >= 15 is 0 Å². The molecule has 0 N–H and O–H groups in total. The largest absolute Gasteiger partial charge is 0.435 e. The van der Waals surface area contributed by atoms with Crippen molar-refractivity contribution in [1.82, 2.24) is 0 Å². The highest BCUT2D eigenvalue weighted by molar-refractivity contribution is 9.09. The lowest BCUT2D eigenvalue weighted by molar-refractivity contribution is -0.385. The molecule has 0 bridgehead atoms. The summed E-state index contributed by atoms with van der Waals surface area (Å²) in [6.07, 6.45) is -5.53. The summed E-state index contributed by atoms with van der Waals surface area (Å²) >= 11 is 15.0. The zero-order chi connectivity index (χ0) is 21.6. The lowest BCUT2D eigenvalue weighted by Crippen LogP contribution is -2.42.